The van der Waals surface area contributed by atoms with Crippen molar-refractivity contribution in [2.75, 3.05) is 26.4 Å². The summed E-state index contributed by atoms with van der Waals surface area (Å²) >= 11 is 3.69. The predicted molar refractivity (Wildman–Crippen MR) is 178 cm³/mol. The zero-order valence-corrected chi connectivity index (χ0v) is 29.9. The Morgan fingerprint density at radius 1 is 1.23 bits per heavy atom. The molecule has 1 aliphatic carbocycles. The molecular weight excluding hydrogens is 690 g/mol. The maximum atomic E-state index is 14.8. The molecule has 3 amide bonds. The lowest BCUT2D eigenvalue weighted by Crippen LogP contribution is -2.72. The van der Waals surface area contributed by atoms with Crippen LogP contribution in [0.3, 0.4) is 0 Å². The molecule has 254 valence electrons. The fraction of sp³-hybridized carbons (Fsp3) is 0.606. The SMILES string of the molecule is CC(C)C[C@@H]1C(=O)N2CCC[C@H]2[C@]2(OS(C)(=O)=O)O[C@](NC(=O)[C@@H]3C=C4c5cccc6[nH]c(Br)c(c56)C[C@H]4N(C)C3)(C(C)C)C(=O)N12. The normalized spacial score (nSPS) is 32.2. The molecule has 12 nitrogen and oxygen atoms in total. The van der Waals surface area contributed by atoms with Crippen molar-refractivity contribution in [3.05, 3.63) is 40.0 Å². The van der Waals surface area contributed by atoms with E-state index in [2.05, 4.69) is 37.2 Å². The van der Waals surface area contributed by atoms with E-state index in [0.29, 0.717) is 25.9 Å². The van der Waals surface area contributed by atoms with E-state index in [1.54, 1.807) is 18.7 Å². The van der Waals surface area contributed by atoms with Gasteiger partial charge in [0.2, 0.25) is 17.5 Å². The Labute approximate surface area is 283 Å². The van der Waals surface area contributed by atoms with Gasteiger partial charge in [-0.25, -0.2) is 4.18 Å². The molecule has 2 aromatic rings. The van der Waals surface area contributed by atoms with E-state index < -0.39 is 57.5 Å². The number of benzene rings is 1. The first-order valence-electron chi connectivity index (χ1n) is 16.4. The number of nitrogens with zero attached hydrogens (tertiary/aromatic N) is 3. The number of fused-ring (bicyclic) bond motifs is 5. The second-order valence-electron chi connectivity index (χ2n) is 14.4. The number of aromatic nitrogens is 1. The van der Waals surface area contributed by atoms with Crippen molar-refractivity contribution in [2.24, 2.45) is 17.8 Å². The molecule has 0 unspecified atom stereocenters. The molecule has 5 aliphatic rings. The van der Waals surface area contributed by atoms with Crippen molar-refractivity contribution in [1.29, 1.82) is 0 Å². The third-order valence-corrected chi connectivity index (χ3v) is 11.7. The van der Waals surface area contributed by atoms with Gasteiger partial charge in [-0.05, 0) is 77.3 Å². The lowest BCUT2D eigenvalue weighted by atomic mass is 9.79. The van der Waals surface area contributed by atoms with Crippen LogP contribution in [0.2, 0.25) is 0 Å². The molecule has 2 N–H and O–H groups in total. The van der Waals surface area contributed by atoms with E-state index in [-0.39, 0.29) is 24.3 Å². The number of aromatic amines is 1. The van der Waals surface area contributed by atoms with Crippen molar-refractivity contribution in [2.45, 2.75) is 83.1 Å². The highest BCUT2D eigenvalue weighted by atomic mass is 79.9. The van der Waals surface area contributed by atoms with Crippen LogP contribution in [0.5, 0.6) is 0 Å². The molecule has 14 heteroatoms. The Hall–Kier alpha value is -2.78. The number of likely N-dealkylation sites (N-methyl/N-ethyl adjacent to an activating group) is 1. The summed E-state index contributed by atoms with van der Waals surface area (Å²) in [6.07, 6.45) is 4.93. The number of rotatable bonds is 7. The molecule has 4 aliphatic heterocycles. The maximum Gasteiger partial charge on any atom is 0.294 e. The number of H-pyrrole nitrogens is 1. The molecule has 0 radical (unpaired) electrons. The van der Waals surface area contributed by atoms with E-state index in [4.69, 9.17) is 8.92 Å². The van der Waals surface area contributed by atoms with Crippen molar-refractivity contribution in [3.63, 3.8) is 0 Å². The molecule has 7 rings (SSSR count). The third-order valence-electron chi connectivity index (χ3n) is 10.5. The van der Waals surface area contributed by atoms with Crippen LogP contribution in [0.25, 0.3) is 16.5 Å². The number of piperazine rings is 1. The van der Waals surface area contributed by atoms with Gasteiger partial charge in [-0.2, -0.15) is 8.42 Å². The minimum atomic E-state index is -4.20. The first kappa shape index (κ1) is 32.8. The monoisotopic (exact) mass is 731 g/mol. The minimum absolute atomic E-state index is 0.00561. The van der Waals surface area contributed by atoms with Crippen LogP contribution in [-0.4, -0.2) is 102 Å². The summed E-state index contributed by atoms with van der Waals surface area (Å²) in [5, 5.41) is 4.10. The average molecular weight is 733 g/mol. The first-order valence-corrected chi connectivity index (χ1v) is 19.0. The Kier molecular flexibility index (Phi) is 7.75. The fourth-order valence-corrected chi connectivity index (χ4v) is 9.68. The summed E-state index contributed by atoms with van der Waals surface area (Å²) in [5.74, 6) is -4.76. The van der Waals surface area contributed by atoms with Crippen LogP contribution >= 0.6 is 15.9 Å². The third kappa shape index (κ3) is 4.92. The number of hydrogen-bond donors (Lipinski definition) is 2. The van der Waals surface area contributed by atoms with Crippen LogP contribution in [0, 0.1) is 17.8 Å². The van der Waals surface area contributed by atoms with Crippen LogP contribution in [0.4, 0.5) is 0 Å². The lowest BCUT2D eigenvalue weighted by Gasteiger charge is -2.50. The second kappa shape index (κ2) is 11.1. The van der Waals surface area contributed by atoms with E-state index in [0.717, 1.165) is 39.3 Å². The molecule has 3 fully saturated rings. The molecule has 1 aromatic heterocycles. The highest BCUT2D eigenvalue weighted by molar-refractivity contribution is 9.10. The van der Waals surface area contributed by atoms with Gasteiger partial charge in [0.1, 0.15) is 12.1 Å². The topological polar surface area (TPSA) is 141 Å². The van der Waals surface area contributed by atoms with Crippen LogP contribution < -0.4 is 5.32 Å². The van der Waals surface area contributed by atoms with Crippen molar-refractivity contribution in [1.82, 2.24) is 25.0 Å². The highest BCUT2D eigenvalue weighted by Gasteiger charge is 2.74. The quantitative estimate of drug-likeness (QED) is 0.414. The molecular formula is C33H42BrN5O7S. The summed E-state index contributed by atoms with van der Waals surface area (Å²) < 4.78 is 39.2. The maximum absolute atomic E-state index is 14.8. The van der Waals surface area contributed by atoms with Gasteiger partial charge < -0.3 is 15.2 Å². The zero-order valence-electron chi connectivity index (χ0n) is 27.5. The summed E-state index contributed by atoms with van der Waals surface area (Å²) in [7, 11) is -2.21. The molecule has 0 spiro atoms. The van der Waals surface area contributed by atoms with Crippen molar-refractivity contribution < 1.29 is 31.7 Å². The molecule has 47 heavy (non-hydrogen) atoms. The number of carbonyl (C=O) groups excluding carboxylic acids is 3. The van der Waals surface area contributed by atoms with Gasteiger partial charge in [0.25, 0.3) is 21.9 Å². The molecule has 6 atom stereocenters. The Morgan fingerprint density at radius 2 is 1.98 bits per heavy atom. The highest BCUT2D eigenvalue weighted by Crippen LogP contribution is 2.51. The Balaban J connectivity index is 1.30. The Morgan fingerprint density at radius 3 is 2.66 bits per heavy atom. The lowest BCUT2D eigenvalue weighted by molar-refractivity contribution is -0.305. The summed E-state index contributed by atoms with van der Waals surface area (Å²) in [6.45, 7) is 8.14. The van der Waals surface area contributed by atoms with Crippen molar-refractivity contribution in [3.8, 4) is 0 Å². The number of hydrogen-bond acceptors (Lipinski definition) is 8. The number of nitrogens with one attached hydrogen (secondary N) is 2. The van der Waals surface area contributed by atoms with Crippen LogP contribution in [-0.2, 0) is 39.8 Å². The van der Waals surface area contributed by atoms with E-state index in [9.17, 15) is 22.8 Å². The second-order valence-corrected chi connectivity index (χ2v) is 16.8. The van der Waals surface area contributed by atoms with Crippen LogP contribution in [0.1, 0.15) is 58.1 Å². The molecule has 1 aromatic carbocycles. The smallest absolute Gasteiger partial charge is 0.294 e. The van der Waals surface area contributed by atoms with E-state index in [1.807, 2.05) is 39.1 Å². The van der Waals surface area contributed by atoms with Gasteiger partial charge in [-0.3, -0.25) is 28.9 Å². The summed E-state index contributed by atoms with van der Waals surface area (Å²) in [6, 6.07) is 4.29. The molecule has 0 saturated carbocycles. The minimum Gasteiger partial charge on any atom is -0.349 e. The Bertz CT molecular complexity index is 1820. The van der Waals surface area contributed by atoms with Gasteiger partial charge in [-0.1, -0.05) is 45.9 Å². The summed E-state index contributed by atoms with van der Waals surface area (Å²) in [4.78, 5) is 51.5. The number of carbonyl (C=O) groups is 3. The number of halogens is 1. The zero-order chi connectivity index (χ0) is 33.8. The van der Waals surface area contributed by atoms with Gasteiger partial charge in [0, 0.05) is 36.0 Å². The average Bonchev–Trinajstić information content (AvgIpc) is 3.66. The van der Waals surface area contributed by atoms with Crippen molar-refractivity contribution >= 4 is 60.2 Å². The van der Waals surface area contributed by atoms with Crippen LogP contribution in [0.15, 0.2) is 28.9 Å². The number of ether oxygens (including phenoxy) is 1. The fourth-order valence-electron chi connectivity index (χ4n) is 8.45. The first-order chi connectivity index (χ1) is 22.1. The predicted octanol–water partition coefficient (Wildman–Crippen LogP) is 3.18. The molecule has 5 heterocycles. The van der Waals surface area contributed by atoms with Gasteiger partial charge in [-0.15, -0.1) is 0 Å². The van der Waals surface area contributed by atoms with Gasteiger partial charge in [0.05, 0.1) is 16.8 Å². The van der Waals surface area contributed by atoms with Gasteiger partial charge >= 0.3 is 0 Å². The largest absolute Gasteiger partial charge is 0.349 e. The van der Waals surface area contributed by atoms with E-state index >= 15 is 0 Å². The molecule has 0 bridgehead atoms. The standard InChI is InChI=1S/C33H42BrN5O7S/c1-17(2)13-25-30(41)38-12-8-11-26(38)33(46-47(6,43)44)39(25)31(42)32(45-33,18(3)4)36-29(40)19-14-21-20-9-7-10-23-27(20)22(28(34)35-23)15-24(21)37(5)16-19/h7,9-10,14,17-19,24-26,35H,8,11-13,15-16H2,1-6H3,(H,36,40)/t19-,24-,25-,26+,32-,33-/m1/s1. The van der Waals surface area contributed by atoms with Gasteiger partial charge in [0.15, 0.2) is 0 Å². The number of amides is 3. The molecule has 3 saturated heterocycles. The van der Waals surface area contributed by atoms with E-state index in [1.165, 1.54) is 10.5 Å². The summed E-state index contributed by atoms with van der Waals surface area (Å²) in [5.41, 5.74) is 2.34.